The van der Waals surface area contributed by atoms with E-state index in [-0.39, 0.29) is 17.8 Å². The van der Waals surface area contributed by atoms with Crippen LogP contribution in [0.25, 0.3) is 11.3 Å². The summed E-state index contributed by atoms with van der Waals surface area (Å²) in [7, 11) is 1.40. The molecule has 21 heavy (non-hydrogen) atoms. The van der Waals surface area contributed by atoms with Gasteiger partial charge in [-0.25, -0.2) is 18.3 Å². The van der Waals surface area contributed by atoms with Crippen LogP contribution in [0.15, 0.2) is 18.2 Å². The molecule has 0 saturated carbocycles. The van der Waals surface area contributed by atoms with Crippen LogP contribution in [0.1, 0.15) is 10.5 Å². The van der Waals surface area contributed by atoms with Crippen LogP contribution in [0, 0.1) is 11.6 Å². The molecule has 1 aromatic heterocycles. The zero-order chi connectivity index (χ0) is 15.6. The minimum Gasteiger partial charge on any atom is -0.476 e. The highest BCUT2D eigenvalue weighted by Crippen LogP contribution is 2.24. The monoisotopic (exact) mass is 296 g/mol. The maximum atomic E-state index is 13.3. The molecule has 0 atom stereocenters. The number of hydrogen-bond donors (Lipinski definition) is 2. The van der Waals surface area contributed by atoms with E-state index in [1.54, 1.807) is 0 Å². The minimum atomic E-state index is -1.39. The second kappa shape index (κ2) is 5.65. The van der Waals surface area contributed by atoms with Crippen molar-refractivity contribution in [3.05, 3.63) is 35.5 Å². The summed E-state index contributed by atoms with van der Waals surface area (Å²) >= 11 is 0. The van der Waals surface area contributed by atoms with Crippen molar-refractivity contribution in [3.8, 4) is 11.3 Å². The van der Waals surface area contributed by atoms with Gasteiger partial charge in [-0.15, -0.1) is 5.10 Å². The highest BCUT2D eigenvalue weighted by atomic mass is 19.2. The Bertz CT molecular complexity index is 715. The van der Waals surface area contributed by atoms with Crippen molar-refractivity contribution >= 4 is 11.9 Å². The Hall–Kier alpha value is -2.84. The average Bonchev–Trinajstić information content (AvgIpc) is 2.85. The van der Waals surface area contributed by atoms with Gasteiger partial charge in [-0.1, -0.05) is 5.21 Å². The van der Waals surface area contributed by atoms with Crippen LogP contribution < -0.4 is 5.32 Å². The van der Waals surface area contributed by atoms with E-state index in [0.29, 0.717) is 0 Å². The molecule has 0 unspecified atom stereocenters. The van der Waals surface area contributed by atoms with Gasteiger partial charge in [0.05, 0.1) is 0 Å². The van der Waals surface area contributed by atoms with Gasteiger partial charge in [0, 0.05) is 12.6 Å². The minimum absolute atomic E-state index is 0.0557. The van der Waals surface area contributed by atoms with Gasteiger partial charge in [-0.05, 0) is 18.2 Å². The highest BCUT2D eigenvalue weighted by Gasteiger charge is 2.22. The van der Waals surface area contributed by atoms with E-state index in [1.807, 2.05) is 0 Å². The fourth-order valence-corrected chi connectivity index (χ4v) is 1.71. The number of benzene rings is 1. The third kappa shape index (κ3) is 2.86. The Kier molecular flexibility index (Phi) is 3.92. The number of aromatic carboxylic acids is 1. The second-order valence-corrected chi connectivity index (χ2v) is 4.05. The Labute approximate surface area is 117 Å². The first-order valence-electron chi connectivity index (χ1n) is 5.76. The van der Waals surface area contributed by atoms with E-state index >= 15 is 0 Å². The number of halogens is 2. The maximum Gasteiger partial charge on any atom is 0.358 e. The summed E-state index contributed by atoms with van der Waals surface area (Å²) in [4.78, 5) is 22.5. The lowest BCUT2D eigenvalue weighted by Gasteiger charge is -2.07. The third-order valence-electron chi connectivity index (χ3n) is 2.70. The number of nitrogens with one attached hydrogen (secondary N) is 1. The number of nitrogens with zero attached hydrogens (tertiary/aromatic N) is 3. The van der Waals surface area contributed by atoms with Crippen LogP contribution in [-0.4, -0.2) is 39.0 Å². The number of likely N-dealkylation sites (N-methyl/N-ethyl adjacent to an activating group) is 1. The number of carboxylic acid groups (broad SMARTS) is 1. The quantitative estimate of drug-likeness (QED) is 0.864. The van der Waals surface area contributed by atoms with Gasteiger partial charge in [-0.2, -0.15) is 0 Å². The number of rotatable bonds is 4. The summed E-state index contributed by atoms with van der Waals surface area (Å²) < 4.78 is 27.3. The van der Waals surface area contributed by atoms with E-state index in [1.165, 1.54) is 13.1 Å². The molecule has 2 rings (SSSR count). The first-order chi connectivity index (χ1) is 9.93. The lowest BCUT2D eigenvalue weighted by molar-refractivity contribution is -0.121. The van der Waals surface area contributed by atoms with E-state index in [9.17, 15) is 18.4 Å². The Morgan fingerprint density at radius 3 is 2.62 bits per heavy atom. The smallest absolute Gasteiger partial charge is 0.358 e. The van der Waals surface area contributed by atoms with Gasteiger partial charge in [0.15, 0.2) is 17.3 Å². The van der Waals surface area contributed by atoms with Crippen molar-refractivity contribution in [2.45, 2.75) is 6.54 Å². The van der Waals surface area contributed by atoms with Gasteiger partial charge in [0.2, 0.25) is 5.91 Å². The van der Waals surface area contributed by atoms with Gasteiger partial charge < -0.3 is 10.4 Å². The van der Waals surface area contributed by atoms with Gasteiger partial charge >= 0.3 is 5.97 Å². The number of carbonyl (C=O) groups excluding carboxylic acids is 1. The van der Waals surface area contributed by atoms with E-state index in [2.05, 4.69) is 15.6 Å². The predicted molar refractivity (Wildman–Crippen MR) is 66.4 cm³/mol. The van der Waals surface area contributed by atoms with E-state index in [4.69, 9.17) is 5.11 Å². The molecular formula is C12H10F2N4O3. The van der Waals surface area contributed by atoms with Gasteiger partial charge in [-0.3, -0.25) is 4.79 Å². The summed E-state index contributed by atoms with van der Waals surface area (Å²) in [5, 5.41) is 18.4. The molecule has 0 aliphatic carbocycles. The number of hydrogen-bond acceptors (Lipinski definition) is 4. The third-order valence-corrected chi connectivity index (χ3v) is 2.70. The van der Waals surface area contributed by atoms with Crippen molar-refractivity contribution in [1.29, 1.82) is 0 Å². The fourth-order valence-electron chi connectivity index (χ4n) is 1.71. The molecule has 1 heterocycles. The molecule has 0 fully saturated rings. The first kappa shape index (κ1) is 14.6. The summed E-state index contributed by atoms with van der Waals surface area (Å²) in [5.74, 6) is -4.05. The summed E-state index contributed by atoms with van der Waals surface area (Å²) in [6, 6.07) is 2.86. The largest absolute Gasteiger partial charge is 0.476 e. The Morgan fingerprint density at radius 1 is 1.33 bits per heavy atom. The van der Waals surface area contributed by atoms with Crippen LogP contribution in [0.5, 0.6) is 0 Å². The topological polar surface area (TPSA) is 97.1 Å². The summed E-state index contributed by atoms with van der Waals surface area (Å²) in [5.41, 5.74) is -0.477. The summed E-state index contributed by atoms with van der Waals surface area (Å²) in [6.07, 6.45) is 0. The molecule has 1 aromatic carbocycles. The van der Waals surface area contributed by atoms with Crippen molar-refractivity contribution in [1.82, 2.24) is 20.3 Å². The van der Waals surface area contributed by atoms with Crippen LogP contribution in [0.2, 0.25) is 0 Å². The molecule has 7 nitrogen and oxygen atoms in total. The van der Waals surface area contributed by atoms with Crippen molar-refractivity contribution in [3.63, 3.8) is 0 Å². The normalized spacial score (nSPS) is 10.4. The fraction of sp³-hybridized carbons (Fsp3) is 0.167. The van der Waals surface area contributed by atoms with Crippen LogP contribution >= 0.6 is 0 Å². The lowest BCUT2D eigenvalue weighted by atomic mass is 10.1. The van der Waals surface area contributed by atoms with Crippen molar-refractivity contribution in [2.24, 2.45) is 0 Å². The molecule has 0 radical (unpaired) electrons. The van der Waals surface area contributed by atoms with Gasteiger partial charge in [0.25, 0.3) is 0 Å². The van der Waals surface area contributed by atoms with Crippen LogP contribution in [0.4, 0.5) is 8.78 Å². The standard InChI is InChI=1S/C12H10F2N4O3/c1-15-9(19)5-18-11(10(12(20)21)16-17-18)6-2-3-7(13)8(14)4-6/h2-4H,5H2,1H3,(H,15,19)(H,20,21). The molecule has 9 heteroatoms. The molecule has 2 N–H and O–H groups in total. The lowest BCUT2D eigenvalue weighted by Crippen LogP contribution is -2.24. The second-order valence-electron chi connectivity index (χ2n) is 4.05. The molecular weight excluding hydrogens is 286 g/mol. The van der Waals surface area contributed by atoms with E-state index < -0.39 is 29.2 Å². The molecule has 0 bridgehead atoms. The molecule has 0 saturated heterocycles. The van der Waals surface area contributed by atoms with E-state index in [0.717, 1.165) is 16.8 Å². The first-order valence-corrected chi connectivity index (χ1v) is 5.76. The van der Waals surface area contributed by atoms with Gasteiger partial charge in [0.1, 0.15) is 12.2 Å². The zero-order valence-electron chi connectivity index (χ0n) is 10.8. The van der Waals surface area contributed by atoms with Crippen LogP contribution in [0.3, 0.4) is 0 Å². The molecule has 0 aliphatic heterocycles. The maximum absolute atomic E-state index is 13.3. The molecule has 0 spiro atoms. The number of carboxylic acids is 1. The number of aromatic nitrogens is 3. The Balaban J connectivity index is 2.57. The molecule has 0 aliphatic rings. The Morgan fingerprint density at radius 2 is 2.05 bits per heavy atom. The summed E-state index contributed by atoms with van der Waals surface area (Å²) in [6.45, 7) is -0.300. The number of amides is 1. The van der Waals surface area contributed by atoms with Crippen LogP contribution in [-0.2, 0) is 11.3 Å². The SMILES string of the molecule is CNC(=O)Cn1nnc(C(=O)O)c1-c1ccc(F)c(F)c1. The van der Waals surface area contributed by atoms with Crippen molar-refractivity contribution < 1.29 is 23.5 Å². The highest BCUT2D eigenvalue weighted by molar-refractivity contribution is 5.93. The number of carbonyl (C=O) groups is 2. The molecule has 2 aromatic rings. The molecule has 1 amide bonds. The predicted octanol–water partition coefficient (Wildman–Crippen LogP) is 0.667. The van der Waals surface area contributed by atoms with Crippen molar-refractivity contribution in [2.75, 3.05) is 7.05 Å². The molecule has 110 valence electrons. The zero-order valence-corrected chi connectivity index (χ0v) is 10.8. The average molecular weight is 296 g/mol.